The van der Waals surface area contributed by atoms with Crippen LogP contribution in [-0.4, -0.2) is 38.7 Å². The maximum Gasteiger partial charge on any atom is 0.180 e. The van der Waals surface area contributed by atoms with Crippen molar-refractivity contribution in [2.45, 2.75) is 24.8 Å². The second-order valence-corrected chi connectivity index (χ2v) is 4.80. The van der Waals surface area contributed by atoms with Crippen LogP contribution in [0.5, 0.6) is 0 Å². The molecule has 0 radical (unpaired) electrons. The Morgan fingerprint density at radius 1 is 1.50 bits per heavy atom. The molecule has 1 fully saturated rings. The number of aromatic nitrogens is 3. The summed E-state index contributed by atoms with van der Waals surface area (Å²) in [6.45, 7) is 0.130. The van der Waals surface area contributed by atoms with Gasteiger partial charge in [-0.1, -0.05) is 0 Å². The highest BCUT2D eigenvalue weighted by Gasteiger charge is 2.37. The monoisotopic (exact) mass is 247 g/mol. The fourth-order valence-corrected chi connectivity index (χ4v) is 2.31. The van der Waals surface area contributed by atoms with Gasteiger partial charge in [0.2, 0.25) is 0 Å². The van der Waals surface area contributed by atoms with Crippen LogP contribution in [0.2, 0.25) is 0 Å². The number of imidazole rings is 1. The molecule has 3 rings (SSSR count). The number of anilines is 2. The number of nitrogens with zero attached hydrogens (tertiary/aromatic N) is 3. The van der Waals surface area contributed by atoms with Gasteiger partial charge in [0, 0.05) is 19.4 Å². The van der Waals surface area contributed by atoms with E-state index in [9.17, 15) is 5.11 Å². The maximum absolute atomic E-state index is 9.51. The first-order chi connectivity index (χ1) is 8.76. The molecule has 0 aromatic carbocycles. The number of rotatable bonds is 4. The van der Waals surface area contributed by atoms with Gasteiger partial charge in [0.05, 0.1) is 18.3 Å². The summed E-state index contributed by atoms with van der Waals surface area (Å²) in [5, 5.41) is 15.9. The lowest BCUT2D eigenvalue weighted by atomic mass is 9.77. The molecule has 0 unspecified atom stereocenters. The first kappa shape index (κ1) is 11.3. The van der Waals surface area contributed by atoms with Crippen molar-refractivity contribution in [1.29, 1.82) is 0 Å². The van der Waals surface area contributed by atoms with Crippen LogP contribution >= 0.6 is 0 Å². The molecule has 0 aliphatic heterocycles. The van der Waals surface area contributed by atoms with Gasteiger partial charge in [-0.25, -0.2) is 9.97 Å². The van der Waals surface area contributed by atoms with Gasteiger partial charge in [-0.3, -0.25) is 0 Å². The van der Waals surface area contributed by atoms with E-state index in [4.69, 9.17) is 0 Å². The van der Waals surface area contributed by atoms with Crippen LogP contribution in [0.3, 0.4) is 0 Å². The van der Waals surface area contributed by atoms with Gasteiger partial charge in [-0.05, 0) is 19.3 Å². The van der Waals surface area contributed by atoms with E-state index in [-0.39, 0.29) is 12.1 Å². The number of hydrogen-bond donors (Lipinski definition) is 3. The van der Waals surface area contributed by atoms with E-state index in [1.807, 2.05) is 23.8 Å². The predicted octanol–water partition coefficient (Wildman–Crippen LogP) is 1.10. The summed E-state index contributed by atoms with van der Waals surface area (Å²) < 4.78 is 1.92. The lowest BCUT2D eigenvalue weighted by Gasteiger charge is -2.41. The molecule has 0 bridgehead atoms. The molecule has 1 saturated carbocycles. The van der Waals surface area contributed by atoms with E-state index in [1.54, 1.807) is 6.20 Å². The number of hydrogen-bond acceptors (Lipinski definition) is 5. The van der Waals surface area contributed by atoms with Gasteiger partial charge in [0.15, 0.2) is 11.5 Å². The van der Waals surface area contributed by atoms with E-state index in [0.717, 1.165) is 36.5 Å². The Kier molecular flexibility index (Phi) is 2.59. The van der Waals surface area contributed by atoms with Gasteiger partial charge in [0.1, 0.15) is 5.82 Å². The summed E-state index contributed by atoms with van der Waals surface area (Å²) in [6.07, 6.45) is 8.61. The van der Waals surface area contributed by atoms with Crippen molar-refractivity contribution in [3.05, 3.63) is 18.6 Å². The minimum absolute atomic E-state index is 0.130. The van der Waals surface area contributed by atoms with Crippen molar-refractivity contribution in [2.24, 2.45) is 0 Å². The van der Waals surface area contributed by atoms with Crippen LogP contribution in [0.1, 0.15) is 19.3 Å². The van der Waals surface area contributed by atoms with Crippen molar-refractivity contribution in [3.63, 3.8) is 0 Å². The lowest BCUT2D eigenvalue weighted by Crippen LogP contribution is -2.48. The minimum atomic E-state index is -0.216. The summed E-state index contributed by atoms with van der Waals surface area (Å²) in [6, 6.07) is 0. The van der Waals surface area contributed by atoms with Gasteiger partial charge in [-0.2, -0.15) is 0 Å². The average molecular weight is 247 g/mol. The van der Waals surface area contributed by atoms with E-state index in [0.29, 0.717) is 0 Å². The molecule has 6 nitrogen and oxygen atoms in total. The smallest absolute Gasteiger partial charge is 0.180 e. The van der Waals surface area contributed by atoms with Crippen molar-refractivity contribution >= 4 is 17.3 Å². The fraction of sp³-hybridized carbons (Fsp3) is 0.500. The minimum Gasteiger partial charge on any atom is -0.394 e. The number of fused-ring (bicyclic) bond motifs is 1. The van der Waals surface area contributed by atoms with Crippen LogP contribution in [-0.2, 0) is 0 Å². The number of aliphatic hydroxyl groups is 1. The SMILES string of the molecule is CNc1cn2ccnc2c(NC2(CO)CCC2)n1. The second-order valence-electron chi connectivity index (χ2n) is 4.80. The third-order valence-electron chi connectivity index (χ3n) is 3.63. The molecule has 1 aliphatic rings. The number of aliphatic hydroxyl groups excluding tert-OH is 1. The van der Waals surface area contributed by atoms with Crippen LogP contribution in [0.15, 0.2) is 18.6 Å². The summed E-state index contributed by atoms with van der Waals surface area (Å²) in [4.78, 5) is 8.79. The summed E-state index contributed by atoms with van der Waals surface area (Å²) in [5.41, 5.74) is 0.569. The first-order valence-corrected chi connectivity index (χ1v) is 6.17. The van der Waals surface area contributed by atoms with Gasteiger partial charge < -0.3 is 20.1 Å². The van der Waals surface area contributed by atoms with E-state index < -0.39 is 0 Å². The van der Waals surface area contributed by atoms with Crippen molar-refractivity contribution < 1.29 is 5.11 Å². The van der Waals surface area contributed by atoms with Crippen LogP contribution < -0.4 is 10.6 Å². The molecule has 3 N–H and O–H groups in total. The summed E-state index contributed by atoms with van der Waals surface area (Å²) in [5.74, 6) is 1.50. The second kappa shape index (κ2) is 4.13. The normalized spacial score (nSPS) is 17.4. The summed E-state index contributed by atoms with van der Waals surface area (Å²) >= 11 is 0. The fourth-order valence-electron chi connectivity index (χ4n) is 2.31. The molecule has 0 atom stereocenters. The molecular weight excluding hydrogens is 230 g/mol. The molecule has 0 spiro atoms. The third-order valence-corrected chi connectivity index (χ3v) is 3.63. The Morgan fingerprint density at radius 2 is 2.33 bits per heavy atom. The molecule has 96 valence electrons. The Labute approximate surface area is 105 Å². The average Bonchev–Trinajstić information content (AvgIpc) is 2.81. The highest BCUT2D eigenvalue weighted by atomic mass is 16.3. The first-order valence-electron chi connectivity index (χ1n) is 6.17. The van der Waals surface area contributed by atoms with E-state index in [1.165, 1.54) is 0 Å². The van der Waals surface area contributed by atoms with Gasteiger partial charge >= 0.3 is 0 Å². The quantitative estimate of drug-likeness (QED) is 0.754. The van der Waals surface area contributed by atoms with Gasteiger partial charge in [0.25, 0.3) is 0 Å². The van der Waals surface area contributed by atoms with Crippen LogP contribution in [0.25, 0.3) is 5.65 Å². The number of nitrogens with one attached hydrogen (secondary N) is 2. The molecule has 6 heteroatoms. The third kappa shape index (κ3) is 1.69. The Morgan fingerprint density at radius 3 is 2.94 bits per heavy atom. The Balaban J connectivity index is 2.01. The predicted molar refractivity (Wildman–Crippen MR) is 69.8 cm³/mol. The largest absolute Gasteiger partial charge is 0.394 e. The molecule has 2 heterocycles. The molecule has 2 aromatic rings. The molecular formula is C12H17N5O. The molecule has 1 aliphatic carbocycles. The molecule has 2 aromatic heterocycles. The molecule has 0 saturated heterocycles. The van der Waals surface area contributed by atoms with Crippen molar-refractivity contribution in [2.75, 3.05) is 24.3 Å². The standard InChI is InChI=1S/C12H17N5O/c1-13-9-7-17-6-5-14-11(17)10(15-9)16-12(8-18)3-2-4-12/h5-7,13,18H,2-4,8H2,1H3,(H,15,16). The topological polar surface area (TPSA) is 74.5 Å². The zero-order valence-corrected chi connectivity index (χ0v) is 10.3. The van der Waals surface area contributed by atoms with Gasteiger partial charge in [-0.15, -0.1) is 0 Å². The molecule has 18 heavy (non-hydrogen) atoms. The van der Waals surface area contributed by atoms with Crippen molar-refractivity contribution in [3.8, 4) is 0 Å². The van der Waals surface area contributed by atoms with Crippen LogP contribution in [0, 0.1) is 0 Å². The zero-order valence-electron chi connectivity index (χ0n) is 10.3. The van der Waals surface area contributed by atoms with E-state index in [2.05, 4.69) is 20.6 Å². The summed E-state index contributed by atoms with van der Waals surface area (Å²) in [7, 11) is 1.83. The van der Waals surface area contributed by atoms with Crippen molar-refractivity contribution in [1.82, 2.24) is 14.4 Å². The maximum atomic E-state index is 9.51. The van der Waals surface area contributed by atoms with Crippen LogP contribution in [0.4, 0.5) is 11.6 Å². The lowest BCUT2D eigenvalue weighted by molar-refractivity contribution is 0.144. The highest BCUT2D eigenvalue weighted by molar-refractivity contribution is 5.66. The Bertz CT molecular complexity index is 555. The Hall–Kier alpha value is -1.82. The van der Waals surface area contributed by atoms with E-state index >= 15 is 0 Å². The zero-order chi connectivity index (χ0) is 12.6. The highest BCUT2D eigenvalue weighted by Crippen LogP contribution is 2.35. The molecule has 0 amide bonds.